The van der Waals surface area contributed by atoms with Gasteiger partial charge in [-0.25, -0.2) is 0 Å². The molecule has 2 saturated heterocycles. The van der Waals surface area contributed by atoms with Crippen LogP contribution in [-0.4, -0.2) is 62.6 Å². The smallest absolute Gasteiger partial charge is 0.323 e. The number of nitrogens with one attached hydrogen (secondary N) is 1. The number of hydrogen-bond donors (Lipinski definition) is 3. The summed E-state index contributed by atoms with van der Waals surface area (Å²) in [5.41, 5.74) is -1.98. The average molecular weight is 302 g/mol. The molecular formula is C11H14N2O6S. The van der Waals surface area contributed by atoms with Crippen LogP contribution >= 0.6 is 11.8 Å². The molecule has 0 aromatic carbocycles. The standard InChI is InChI=1S/C11H14N2O6S/c1-2-5(14)12-6-7(15)13-3-11(9(16)17,10(18)19)4-20-8(6)13/h6,8H,2-4H2,1H3,(H,12,14)(H,16,17)(H,18,19)/t6?,8-/m1/s1. The first-order chi connectivity index (χ1) is 9.33. The molecule has 2 fully saturated rings. The predicted molar refractivity (Wildman–Crippen MR) is 67.9 cm³/mol. The zero-order chi connectivity index (χ0) is 15.1. The molecule has 110 valence electrons. The second kappa shape index (κ2) is 4.97. The van der Waals surface area contributed by atoms with Crippen LogP contribution < -0.4 is 5.32 Å². The Morgan fingerprint density at radius 1 is 1.40 bits per heavy atom. The van der Waals surface area contributed by atoms with E-state index in [0.717, 1.165) is 11.8 Å². The van der Waals surface area contributed by atoms with Gasteiger partial charge in [-0.2, -0.15) is 0 Å². The largest absolute Gasteiger partial charge is 0.480 e. The van der Waals surface area contributed by atoms with Crippen molar-refractivity contribution in [2.24, 2.45) is 5.41 Å². The highest BCUT2D eigenvalue weighted by atomic mass is 32.2. The lowest BCUT2D eigenvalue weighted by atomic mass is 9.87. The molecule has 0 spiro atoms. The van der Waals surface area contributed by atoms with Crippen LogP contribution in [0.25, 0.3) is 0 Å². The zero-order valence-electron chi connectivity index (χ0n) is 10.7. The Labute approximate surface area is 118 Å². The summed E-state index contributed by atoms with van der Waals surface area (Å²) < 4.78 is 0. The van der Waals surface area contributed by atoms with Crippen LogP contribution in [0, 0.1) is 5.41 Å². The van der Waals surface area contributed by atoms with Crippen LogP contribution in [0.3, 0.4) is 0 Å². The number of amides is 2. The van der Waals surface area contributed by atoms with Crippen molar-refractivity contribution >= 4 is 35.5 Å². The van der Waals surface area contributed by atoms with E-state index in [-0.39, 0.29) is 30.0 Å². The maximum atomic E-state index is 11.9. The van der Waals surface area contributed by atoms with Crippen LogP contribution in [0.2, 0.25) is 0 Å². The Kier molecular flexibility index (Phi) is 3.63. The normalized spacial score (nSPS) is 27.2. The molecule has 2 rings (SSSR count). The highest BCUT2D eigenvalue weighted by Gasteiger charge is 2.60. The van der Waals surface area contributed by atoms with Crippen molar-refractivity contribution in [2.75, 3.05) is 12.3 Å². The van der Waals surface area contributed by atoms with Crippen molar-refractivity contribution in [3.63, 3.8) is 0 Å². The van der Waals surface area contributed by atoms with Gasteiger partial charge < -0.3 is 20.4 Å². The Morgan fingerprint density at radius 2 is 2.00 bits per heavy atom. The fraction of sp³-hybridized carbons (Fsp3) is 0.636. The average Bonchev–Trinajstić information content (AvgIpc) is 2.42. The Bertz CT molecular complexity index is 479. The van der Waals surface area contributed by atoms with Gasteiger partial charge in [-0.15, -0.1) is 11.8 Å². The molecule has 0 aromatic rings. The van der Waals surface area contributed by atoms with E-state index >= 15 is 0 Å². The van der Waals surface area contributed by atoms with Crippen LogP contribution in [0.4, 0.5) is 0 Å². The molecule has 2 aliphatic rings. The van der Waals surface area contributed by atoms with E-state index in [1.165, 1.54) is 4.90 Å². The number of thioether (sulfide) groups is 1. The fourth-order valence-corrected chi connectivity index (χ4v) is 3.73. The number of aliphatic carboxylic acids is 2. The molecule has 2 aliphatic heterocycles. The second-order valence-electron chi connectivity index (χ2n) is 4.76. The number of fused-ring (bicyclic) bond motifs is 1. The summed E-state index contributed by atoms with van der Waals surface area (Å²) in [4.78, 5) is 46.8. The number of β-lactam (4-membered cyclic amide) rings is 1. The molecule has 0 saturated carbocycles. The van der Waals surface area contributed by atoms with E-state index in [1.807, 2.05) is 0 Å². The topological polar surface area (TPSA) is 124 Å². The Hall–Kier alpha value is -1.77. The molecule has 2 amide bonds. The van der Waals surface area contributed by atoms with Crippen molar-refractivity contribution < 1.29 is 29.4 Å². The summed E-state index contributed by atoms with van der Waals surface area (Å²) >= 11 is 1.07. The van der Waals surface area contributed by atoms with Crippen LogP contribution in [0.5, 0.6) is 0 Å². The molecule has 2 heterocycles. The van der Waals surface area contributed by atoms with Gasteiger partial charge in [0.05, 0.1) is 0 Å². The number of carboxylic acid groups (broad SMARTS) is 2. The third-order valence-corrected chi connectivity index (χ3v) is 5.07. The van der Waals surface area contributed by atoms with Crippen molar-refractivity contribution in [3.8, 4) is 0 Å². The van der Waals surface area contributed by atoms with Gasteiger partial charge in [0.25, 0.3) is 0 Å². The summed E-state index contributed by atoms with van der Waals surface area (Å²) in [5.74, 6) is -3.74. The maximum Gasteiger partial charge on any atom is 0.323 e. The molecule has 2 atom stereocenters. The van der Waals surface area contributed by atoms with Gasteiger partial charge >= 0.3 is 11.9 Å². The van der Waals surface area contributed by atoms with E-state index in [2.05, 4.69) is 5.32 Å². The first-order valence-corrected chi connectivity index (χ1v) is 7.06. The third kappa shape index (κ3) is 2.01. The lowest BCUT2D eigenvalue weighted by Gasteiger charge is -2.52. The van der Waals surface area contributed by atoms with E-state index in [1.54, 1.807) is 6.92 Å². The molecule has 9 heteroatoms. The minimum absolute atomic E-state index is 0.134. The summed E-state index contributed by atoms with van der Waals surface area (Å²) in [5, 5.41) is 20.4. The number of rotatable bonds is 4. The van der Waals surface area contributed by atoms with Crippen molar-refractivity contribution in [2.45, 2.75) is 24.8 Å². The Morgan fingerprint density at radius 3 is 2.50 bits per heavy atom. The van der Waals surface area contributed by atoms with Crippen molar-refractivity contribution in [1.29, 1.82) is 0 Å². The van der Waals surface area contributed by atoms with Crippen molar-refractivity contribution in [3.05, 3.63) is 0 Å². The number of nitrogens with zero attached hydrogens (tertiary/aromatic N) is 1. The molecule has 3 N–H and O–H groups in total. The summed E-state index contributed by atoms with van der Waals surface area (Å²) in [6.45, 7) is 1.29. The maximum absolute atomic E-state index is 11.9. The van der Waals surface area contributed by atoms with E-state index in [4.69, 9.17) is 10.2 Å². The molecule has 8 nitrogen and oxygen atoms in total. The molecule has 1 unspecified atom stereocenters. The quantitative estimate of drug-likeness (QED) is 0.447. The molecule has 0 bridgehead atoms. The number of carbonyl (C=O) groups excluding carboxylic acids is 2. The van der Waals surface area contributed by atoms with Gasteiger partial charge in [-0.3, -0.25) is 19.2 Å². The number of carbonyl (C=O) groups is 4. The molecule has 0 aromatic heterocycles. The van der Waals surface area contributed by atoms with E-state index in [0.29, 0.717) is 0 Å². The number of hydrogen-bond acceptors (Lipinski definition) is 5. The van der Waals surface area contributed by atoms with Gasteiger partial charge in [0.2, 0.25) is 11.8 Å². The van der Waals surface area contributed by atoms with Crippen LogP contribution in [-0.2, 0) is 19.2 Å². The summed E-state index contributed by atoms with van der Waals surface area (Å²) in [6.07, 6.45) is 0.245. The predicted octanol–water partition coefficient (Wildman–Crippen LogP) is -1.05. The van der Waals surface area contributed by atoms with E-state index < -0.39 is 29.3 Å². The van der Waals surface area contributed by atoms with Gasteiger partial charge in [0, 0.05) is 18.7 Å². The SMILES string of the molecule is CCC(=O)NC1C(=O)N2CC(C(=O)O)(C(=O)O)CS[C@H]12. The first-order valence-electron chi connectivity index (χ1n) is 6.01. The highest BCUT2D eigenvalue weighted by Crippen LogP contribution is 2.42. The lowest BCUT2D eigenvalue weighted by Crippen LogP contribution is -2.74. The van der Waals surface area contributed by atoms with Crippen molar-refractivity contribution in [1.82, 2.24) is 10.2 Å². The van der Waals surface area contributed by atoms with Crippen LogP contribution in [0.15, 0.2) is 0 Å². The van der Waals surface area contributed by atoms with Crippen LogP contribution in [0.1, 0.15) is 13.3 Å². The molecule has 20 heavy (non-hydrogen) atoms. The monoisotopic (exact) mass is 302 g/mol. The van der Waals surface area contributed by atoms with Gasteiger partial charge in [-0.1, -0.05) is 6.92 Å². The summed E-state index contributed by atoms with van der Waals surface area (Å²) in [6, 6.07) is -0.687. The third-order valence-electron chi connectivity index (χ3n) is 3.54. The molecule has 0 radical (unpaired) electrons. The minimum atomic E-state index is -1.98. The van der Waals surface area contributed by atoms with Gasteiger partial charge in [0.1, 0.15) is 11.4 Å². The number of carboxylic acids is 2. The summed E-state index contributed by atoms with van der Waals surface area (Å²) in [7, 11) is 0. The first kappa shape index (κ1) is 14.6. The minimum Gasteiger partial charge on any atom is -0.480 e. The van der Waals surface area contributed by atoms with Gasteiger partial charge in [-0.05, 0) is 0 Å². The zero-order valence-corrected chi connectivity index (χ0v) is 11.5. The molecular weight excluding hydrogens is 288 g/mol. The Balaban J connectivity index is 2.11. The van der Waals surface area contributed by atoms with Gasteiger partial charge in [0.15, 0.2) is 5.41 Å². The highest BCUT2D eigenvalue weighted by molar-refractivity contribution is 8.00. The van der Waals surface area contributed by atoms with E-state index in [9.17, 15) is 19.2 Å². The molecule has 0 aliphatic carbocycles. The fourth-order valence-electron chi connectivity index (χ4n) is 2.20. The lowest BCUT2D eigenvalue weighted by molar-refractivity contribution is -0.169. The second-order valence-corrected chi connectivity index (χ2v) is 5.86.